The lowest BCUT2D eigenvalue weighted by atomic mass is 10.0. The largest absolute Gasteiger partial charge is 0.436 e. The Morgan fingerprint density at radius 3 is 2.65 bits per heavy atom. The molecule has 5 nitrogen and oxygen atoms in total. The van der Waals surface area contributed by atoms with Crippen molar-refractivity contribution in [1.29, 1.82) is 0 Å². The summed E-state index contributed by atoms with van der Waals surface area (Å²) in [7, 11) is 0. The minimum atomic E-state index is -0.619. The van der Waals surface area contributed by atoms with Gasteiger partial charge < -0.3 is 9.73 Å². The Hall–Kier alpha value is -3.58. The monoisotopic (exact) mass is 433 g/mol. The number of carbonyl (C=O) groups is 1. The Morgan fingerprint density at radius 1 is 1.06 bits per heavy atom. The van der Waals surface area contributed by atoms with Crippen molar-refractivity contribution in [3.05, 3.63) is 83.7 Å². The number of hydrogen-bond acceptors (Lipinski definition) is 4. The zero-order valence-corrected chi connectivity index (χ0v) is 17.8. The summed E-state index contributed by atoms with van der Waals surface area (Å²) in [6.07, 6.45) is 0. The van der Waals surface area contributed by atoms with Crippen LogP contribution in [0.3, 0.4) is 0 Å². The summed E-state index contributed by atoms with van der Waals surface area (Å²) >= 11 is 5.20. The summed E-state index contributed by atoms with van der Waals surface area (Å²) in [5.74, 6) is -0.341. The van der Waals surface area contributed by atoms with Gasteiger partial charge in [0.05, 0.1) is 5.56 Å². The maximum atomic E-state index is 13.8. The van der Waals surface area contributed by atoms with Gasteiger partial charge in [0.25, 0.3) is 5.91 Å². The molecule has 7 heteroatoms. The number of oxazole rings is 1. The molecule has 4 rings (SSSR count). The van der Waals surface area contributed by atoms with Crippen molar-refractivity contribution in [2.24, 2.45) is 0 Å². The molecule has 0 bridgehead atoms. The van der Waals surface area contributed by atoms with Gasteiger partial charge in [0.15, 0.2) is 10.7 Å². The first-order chi connectivity index (χ1) is 14.9. The van der Waals surface area contributed by atoms with E-state index >= 15 is 0 Å². The molecular formula is C24H20FN3O2S. The summed E-state index contributed by atoms with van der Waals surface area (Å²) in [4.78, 5) is 16.8. The average molecular weight is 434 g/mol. The van der Waals surface area contributed by atoms with Gasteiger partial charge >= 0.3 is 0 Å². The minimum absolute atomic E-state index is 0.0598. The molecule has 0 radical (unpaired) electrons. The van der Waals surface area contributed by atoms with E-state index in [4.69, 9.17) is 16.6 Å². The maximum absolute atomic E-state index is 13.8. The Labute approximate surface area is 184 Å². The van der Waals surface area contributed by atoms with Crippen LogP contribution in [0.5, 0.6) is 0 Å². The summed E-state index contributed by atoms with van der Waals surface area (Å²) in [6, 6.07) is 19.0. The van der Waals surface area contributed by atoms with Crippen molar-refractivity contribution in [1.82, 2.24) is 10.3 Å². The normalized spacial score (nSPS) is 11.0. The molecule has 0 fully saturated rings. The lowest BCUT2D eigenvalue weighted by molar-refractivity contribution is 0.0974. The molecule has 0 spiro atoms. The third-order valence-electron chi connectivity index (χ3n) is 4.79. The number of halogens is 1. The SMILES string of the molecule is CC(C)c1ccc2oc(-c3cccc(NC(=S)NC(=O)c4ccccc4F)c3)nc2c1. The number of aromatic nitrogens is 1. The van der Waals surface area contributed by atoms with Gasteiger partial charge in [-0.3, -0.25) is 10.1 Å². The predicted octanol–water partition coefficient (Wildman–Crippen LogP) is 5.88. The second kappa shape index (κ2) is 8.65. The van der Waals surface area contributed by atoms with Crippen molar-refractivity contribution in [3.8, 4) is 11.5 Å². The highest BCUT2D eigenvalue weighted by Crippen LogP contribution is 2.28. The number of hydrogen-bond donors (Lipinski definition) is 2. The summed E-state index contributed by atoms with van der Waals surface area (Å²) in [6.45, 7) is 4.26. The van der Waals surface area contributed by atoms with Gasteiger partial charge in [-0.2, -0.15) is 0 Å². The second-order valence-electron chi connectivity index (χ2n) is 7.37. The fraction of sp³-hybridized carbons (Fsp3) is 0.125. The number of amides is 1. The maximum Gasteiger partial charge on any atom is 0.260 e. The fourth-order valence-corrected chi connectivity index (χ4v) is 3.35. The van der Waals surface area contributed by atoms with E-state index in [9.17, 15) is 9.18 Å². The van der Waals surface area contributed by atoms with E-state index in [0.717, 1.165) is 11.1 Å². The highest BCUT2D eigenvalue weighted by Gasteiger charge is 2.14. The summed E-state index contributed by atoms with van der Waals surface area (Å²) < 4.78 is 19.7. The molecule has 1 amide bonds. The highest BCUT2D eigenvalue weighted by atomic mass is 32.1. The molecule has 0 atom stereocenters. The molecule has 2 N–H and O–H groups in total. The van der Waals surface area contributed by atoms with Gasteiger partial charge in [0.2, 0.25) is 5.89 Å². The van der Waals surface area contributed by atoms with Crippen LogP contribution in [0, 0.1) is 5.82 Å². The standard InChI is InChI=1S/C24H20FN3O2S/c1-14(2)15-10-11-21-20(13-15)27-23(30-21)16-6-5-7-17(12-16)26-24(31)28-22(29)18-8-3-4-9-19(18)25/h3-14H,1-2H3,(H2,26,28,29,31). The zero-order chi connectivity index (χ0) is 22.0. The van der Waals surface area contributed by atoms with Crippen LogP contribution in [0.1, 0.15) is 35.7 Å². The van der Waals surface area contributed by atoms with E-state index in [0.29, 0.717) is 23.1 Å². The van der Waals surface area contributed by atoms with E-state index in [2.05, 4.69) is 29.5 Å². The molecule has 31 heavy (non-hydrogen) atoms. The number of nitrogens with one attached hydrogen (secondary N) is 2. The fourth-order valence-electron chi connectivity index (χ4n) is 3.14. The molecule has 3 aromatic carbocycles. The van der Waals surface area contributed by atoms with Crippen LogP contribution in [-0.4, -0.2) is 16.0 Å². The first-order valence-electron chi connectivity index (χ1n) is 9.78. The molecule has 0 unspecified atom stereocenters. The van der Waals surface area contributed by atoms with Gasteiger partial charge in [-0.1, -0.05) is 38.1 Å². The smallest absolute Gasteiger partial charge is 0.260 e. The topological polar surface area (TPSA) is 67.2 Å². The molecule has 1 heterocycles. The third-order valence-corrected chi connectivity index (χ3v) is 5.00. The average Bonchev–Trinajstić information content (AvgIpc) is 3.17. The van der Waals surface area contributed by atoms with Crippen molar-refractivity contribution in [2.75, 3.05) is 5.32 Å². The van der Waals surface area contributed by atoms with Gasteiger partial charge in [-0.05, 0) is 66.2 Å². The van der Waals surface area contributed by atoms with Crippen molar-refractivity contribution >= 4 is 40.0 Å². The number of nitrogens with zero attached hydrogens (tertiary/aromatic N) is 1. The third kappa shape index (κ3) is 4.62. The number of carbonyl (C=O) groups excluding carboxylic acids is 1. The molecule has 0 aliphatic rings. The molecular weight excluding hydrogens is 413 g/mol. The van der Waals surface area contributed by atoms with Crippen molar-refractivity contribution in [2.45, 2.75) is 19.8 Å². The van der Waals surface area contributed by atoms with Crippen LogP contribution >= 0.6 is 12.2 Å². The molecule has 0 aliphatic heterocycles. The number of thiocarbonyl (C=S) groups is 1. The van der Waals surface area contributed by atoms with E-state index in [1.807, 2.05) is 36.4 Å². The lowest BCUT2D eigenvalue weighted by Gasteiger charge is -2.10. The van der Waals surface area contributed by atoms with Crippen LogP contribution in [-0.2, 0) is 0 Å². The number of benzene rings is 3. The Kier molecular flexibility index (Phi) is 5.77. The van der Waals surface area contributed by atoms with Crippen LogP contribution in [0.4, 0.5) is 10.1 Å². The quantitative estimate of drug-likeness (QED) is 0.393. The number of fused-ring (bicyclic) bond motifs is 1. The van der Waals surface area contributed by atoms with Gasteiger partial charge in [0.1, 0.15) is 11.3 Å². The zero-order valence-electron chi connectivity index (χ0n) is 17.0. The lowest BCUT2D eigenvalue weighted by Crippen LogP contribution is -2.34. The predicted molar refractivity (Wildman–Crippen MR) is 124 cm³/mol. The molecule has 1 aromatic heterocycles. The molecule has 156 valence electrons. The Bertz CT molecular complexity index is 1280. The molecule has 0 aliphatic carbocycles. The van der Waals surface area contributed by atoms with E-state index in [1.54, 1.807) is 12.1 Å². The second-order valence-corrected chi connectivity index (χ2v) is 7.78. The van der Waals surface area contributed by atoms with E-state index < -0.39 is 11.7 Å². The number of anilines is 1. The number of rotatable bonds is 4. The van der Waals surface area contributed by atoms with E-state index in [-0.39, 0.29) is 10.7 Å². The Morgan fingerprint density at radius 2 is 1.87 bits per heavy atom. The minimum Gasteiger partial charge on any atom is -0.436 e. The van der Waals surface area contributed by atoms with Crippen LogP contribution in [0.25, 0.3) is 22.6 Å². The van der Waals surface area contributed by atoms with E-state index in [1.165, 1.54) is 23.8 Å². The molecule has 0 saturated carbocycles. The Balaban J connectivity index is 1.51. The van der Waals surface area contributed by atoms with Crippen LogP contribution in [0.2, 0.25) is 0 Å². The van der Waals surface area contributed by atoms with Gasteiger partial charge in [-0.25, -0.2) is 9.37 Å². The highest BCUT2D eigenvalue weighted by molar-refractivity contribution is 7.80. The molecule has 4 aromatic rings. The van der Waals surface area contributed by atoms with Crippen LogP contribution in [0.15, 0.2) is 71.1 Å². The van der Waals surface area contributed by atoms with Crippen LogP contribution < -0.4 is 10.6 Å². The summed E-state index contributed by atoms with van der Waals surface area (Å²) in [5.41, 5.74) is 4.03. The summed E-state index contributed by atoms with van der Waals surface area (Å²) in [5, 5.41) is 5.48. The first kappa shape index (κ1) is 20.7. The van der Waals surface area contributed by atoms with Crippen molar-refractivity contribution in [3.63, 3.8) is 0 Å². The van der Waals surface area contributed by atoms with Crippen molar-refractivity contribution < 1.29 is 13.6 Å². The molecule has 0 saturated heterocycles. The first-order valence-corrected chi connectivity index (χ1v) is 10.2. The van der Waals surface area contributed by atoms with Gasteiger partial charge in [-0.15, -0.1) is 0 Å². The van der Waals surface area contributed by atoms with Gasteiger partial charge in [0, 0.05) is 11.3 Å².